The van der Waals surface area contributed by atoms with Crippen molar-refractivity contribution in [2.45, 2.75) is 18.7 Å². The Bertz CT molecular complexity index is 847. The summed E-state index contributed by atoms with van der Waals surface area (Å²) in [5.41, 5.74) is 2.98. The molecule has 0 spiro atoms. The zero-order valence-electron chi connectivity index (χ0n) is 13.8. The van der Waals surface area contributed by atoms with Gasteiger partial charge in [-0.1, -0.05) is 71.9 Å². The molecule has 1 aromatic heterocycles. The van der Waals surface area contributed by atoms with Gasteiger partial charge in [0.05, 0.1) is 5.75 Å². The number of esters is 1. The van der Waals surface area contributed by atoms with Gasteiger partial charge in [-0.2, -0.15) is 0 Å². The van der Waals surface area contributed by atoms with E-state index in [4.69, 9.17) is 10.6 Å². The fraction of sp³-hybridized carbons (Fsp3) is 0.167. The fourth-order valence-electron chi connectivity index (χ4n) is 2.18. The molecule has 2 N–H and O–H groups in total. The van der Waals surface area contributed by atoms with Crippen molar-refractivity contribution in [2.24, 2.45) is 0 Å². The van der Waals surface area contributed by atoms with Crippen LogP contribution in [0.2, 0.25) is 0 Å². The number of thioether (sulfide) groups is 1. The second-order valence-corrected chi connectivity index (χ2v) is 6.42. The molecule has 25 heavy (non-hydrogen) atoms. The van der Waals surface area contributed by atoms with Crippen LogP contribution in [0.3, 0.4) is 0 Å². The summed E-state index contributed by atoms with van der Waals surface area (Å²) in [6.45, 7) is 2.27. The second kappa shape index (κ2) is 7.85. The van der Waals surface area contributed by atoms with Crippen LogP contribution in [0, 0.1) is 6.92 Å². The van der Waals surface area contributed by atoms with E-state index in [1.165, 1.54) is 16.4 Å². The summed E-state index contributed by atoms with van der Waals surface area (Å²) in [4.78, 5) is 11.9. The van der Waals surface area contributed by atoms with E-state index in [1.54, 1.807) is 0 Å². The van der Waals surface area contributed by atoms with Gasteiger partial charge in [-0.15, -0.1) is 10.2 Å². The lowest BCUT2D eigenvalue weighted by Gasteiger charge is -2.05. The third-order valence-electron chi connectivity index (χ3n) is 3.54. The Morgan fingerprint density at radius 2 is 1.84 bits per heavy atom. The summed E-state index contributed by atoms with van der Waals surface area (Å²) < 4.78 is 6.62. The van der Waals surface area contributed by atoms with Crippen LogP contribution in [0.5, 0.6) is 0 Å². The molecule has 0 aliphatic rings. The Morgan fingerprint density at radius 1 is 1.12 bits per heavy atom. The maximum Gasteiger partial charge on any atom is 0.316 e. The van der Waals surface area contributed by atoms with Gasteiger partial charge in [-0.25, -0.2) is 4.68 Å². The highest BCUT2D eigenvalue weighted by atomic mass is 32.2. The van der Waals surface area contributed by atoms with Crippen LogP contribution in [-0.2, 0) is 16.1 Å². The highest BCUT2D eigenvalue weighted by Gasteiger charge is 2.14. The molecule has 1 heterocycles. The van der Waals surface area contributed by atoms with E-state index in [0.717, 1.165) is 16.7 Å². The van der Waals surface area contributed by atoms with Gasteiger partial charge in [-0.05, 0) is 12.5 Å². The standard InChI is InChI=1S/C18H18N4O2S/c1-13-7-9-15(10-8-13)17-20-21-18(22(17)19)25-12-16(23)24-11-14-5-3-2-4-6-14/h2-10H,11-12,19H2,1H3. The molecule has 3 aromatic rings. The zero-order chi connectivity index (χ0) is 17.6. The van der Waals surface area contributed by atoms with Gasteiger partial charge in [0.1, 0.15) is 6.61 Å². The number of nitrogen functional groups attached to an aromatic ring is 1. The Kier molecular flexibility index (Phi) is 5.35. The number of ether oxygens (including phenoxy) is 1. The number of rotatable bonds is 6. The van der Waals surface area contributed by atoms with E-state index >= 15 is 0 Å². The first-order valence-corrected chi connectivity index (χ1v) is 8.72. The number of hydrogen-bond donors (Lipinski definition) is 1. The SMILES string of the molecule is Cc1ccc(-c2nnc(SCC(=O)OCc3ccccc3)n2N)cc1. The molecule has 0 saturated carbocycles. The minimum atomic E-state index is -0.325. The van der Waals surface area contributed by atoms with Gasteiger partial charge >= 0.3 is 5.97 Å². The first-order valence-electron chi connectivity index (χ1n) is 7.73. The van der Waals surface area contributed by atoms with E-state index in [1.807, 2.05) is 61.5 Å². The molecule has 7 heteroatoms. The Morgan fingerprint density at radius 3 is 2.56 bits per heavy atom. The maximum absolute atomic E-state index is 11.9. The highest BCUT2D eigenvalue weighted by Crippen LogP contribution is 2.22. The van der Waals surface area contributed by atoms with Crippen LogP contribution < -0.4 is 5.84 Å². The molecule has 6 nitrogen and oxygen atoms in total. The molecule has 0 atom stereocenters. The summed E-state index contributed by atoms with van der Waals surface area (Å²) in [7, 11) is 0. The average molecular weight is 354 g/mol. The van der Waals surface area contributed by atoms with Crippen molar-refractivity contribution in [3.05, 3.63) is 65.7 Å². The number of aromatic nitrogens is 3. The number of benzene rings is 2. The van der Waals surface area contributed by atoms with E-state index in [9.17, 15) is 4.79 Å². The van der Waals surface area contributed by atoms with Gasteiger partial charge in [0, 0.05) is 5.56 Å². The molecule has 0 unspecified atom stereocenters. The van der Waals surface area contributed by atoms with Crippen LogP contribution in [0.25, 0.3) is 11.4 Å². The molecular weight excluding hydrogens is 336 g/mol. The largest absolute Gasteiger partial charge is 0.460 e. The average Bonchev–Trinajstić information content (AvgIpc) is 3.00. The van der Waals surface area contributed by atoms with Gasteiger partial charge < -0.3 is 10.6 Å². The van der Waals surface area contributed by atoms with Crippen LogP contribution in [0.1, 0.15) is 11.1 Å². The van der Waals surface area contributed by atoms with E-state index in [-0.39, 0.29) is 18.3 Å². The van der Waals surface area contributed by atoms with Crippen molar-refractivity contribution in [1.29, 1.82) is 0 Å². The van der Waals surface area contributed by atoms with Crippen molar-refractivity contribution < 1.29 is 9.53 Å². The molecule has 3 rings (SSSR count). The third-order valence-corrected chi connectivity index (χ3v) is 4.45. The number of carbonyl (C=O) groups is 1. The summed E-state index contributed by atoms with van der Waals surface area (Å²) >= 11 is 1.20. The molecule has 2 aromatic carbocycles. The lowest BCUT2D eigenvalue weighted by molar-refractivity contribution is -0.141. The molecule has 128 valence electrons. The number of aryl methyl sites for hydroxylation is 1. The van der Waals surface area contributed by atoms with Gasteiger partial charge in [0.2, 0.25) is 5.16 Å². The predicted molar refractivity (Wildman–Crippen MR) is 97.3 cm³/mol. The number of hydrogen-bond acceptors (Lipinski definition) is 6. The maximum atomic E-state index is 11.9. The lowest BCUT2D eigenvalue weighted by Crippen LogP contribution is -2.13. The molecule has 0 bridgehead atoms. The number of carbonyl (C=O) groups excluding carboxylic acids is 1. The molecule has 0 radical (unpaired) electrons. The van der Waals surface area contributed by atoms with Gasteiger partial charge in [-0.3, -0.25) is 4.79 Å². The van der Waals surface area contributed by atoms with Crippen molar-refractivity contribution >= 4 is 17.7 Å². The van der Waals surface area contributed by atoms with Crippen molar-refractivity contribution in [1.82, 2.24) is 14.9 Å². The number of nitrogens with two attached hydrogens (primary N) is 1. The van der Waals surface area contributed by atoms with Gasteiger partial charge in [0.25, 0.3) is 0 Å². The molecule has 0 fully saturated rings. The minimum absolute atomic E-state index is 0.121. The highest BCUT2D eigenvalue weighted by molar-refractivity contribution is 7.99. The lowest BCUT2D eigenvalue weighted by atomic mass is 10.1. The quantitative estimate of drug-likeness (QED) is 0.416. The molecule has 0 aliphatic heterocycles. The van der Waals surface area contributed by atoms with Crippen LogP contribution in [0.4, 0.5) is 0 Å². The Balaban J connectivity index is 1.56. The van der Waals surface area contributed by atoms with E-state index < -0.39 is 0 Å². The van der Waals surface area contributed by atoms with Crippen molar-refractivity contribution in [3.63, 3.8) is 0 Å². The minimum Gasteiger partial charge on any atom is -0.460 e. The van der Waals surface area contributed by atoms with Crippen LogP contribution in [0.15, 0.2) is 59.8 Å². The smallest absolute Gasteiger partial charge is 0.316 e. The Hall–Kier alpha value is -2.80. The molecular formula is C18H18N4O2S. The van der Waals surface area contributed by atoms with Gasteiger partial charge in [0.15, 0.2) is 5.82 Å². The number of nitrogens with zero attached hydrogens (tertiary/aromatic N) is 3. The Labute approximate surface area is 150 Å². The first kappa shape index (κ1) is 17.0. The van der Waals surface area contributed by atoms with Crippen LogP contribution in [-0.4, -0.2) is 26.6 Å². The molecule has 0 amide bonds. The normalized spacial score (nSPS) is 10.6. The van der Waals surface area contributed by atoms with E-state index in [2.05, 4.69) is 10.2 Å². The zero-order valence-corrected chi connectivity index (χ0v) is 14.6. The predicted octanol–water partition coefficient (Wildman–Crippen LogP) is 2.80. The summed E-state index contributed by atoms with van der Waals surface area (Å²) in [5, 5.41) is 8.62. The summed E-state index contributed by atoms with van der Waals surface area (Å²) in [5.74, 6) is 6.39. The first-order chi connectivity index (χ1) is 12.1. The van der Waals surface area contributed by atoms with E-state index in [0.29, 0.717) is 11.0 Å². The second-order valence-electron chi connectivity index (χ2n) is 5.48. The fourth-order valence-corrected chi connectivity index (χ4v) is 2.83. The monoisotopic (exact) mass is 354 g/mol. The summed E-state index contributed by atoms with van der Waals surface area (Å²) in [6.07, 6.45) is 0. The molecule has 0 saturated heterocycles. The van der Waals surface area contributed by atoms with Crippen LogP contribution >= 0.6 is 11.8 Å². The summed E-state index contributed by atoms with van der Waals surface area (Å²) in [6, 6.07) is 17.4. The topological polar surface area (TPSA) is 83.0 Å². The third kappa shape index (κ3) is 4.39. The van der Waals surface area contributed by atoms with Crippen molar-refractivity contribution in [2.75, 3.05) is 11.6 Å². The molecule has 0 aliphatic carbocycles. The van der Waals surface area contributed by atoms with Crippen molar-refractivity contribution in [3.8, 4) is 11.4 Å².